The molecule has 0 N–H and O–H groups in total. The van der Waals surface area contributed by atoms with E-state index in [2.05, 4.69) is 18.7 Å². The Morgan fingerprint density at radius 1 is 1.00 bits per heavy atom. The molecule has 2 aromatic carbocycles. The molecule has 0 aliphatic heterocycles. The zero-order valence-corrected chi connectivity index (χ0v) is 8.37. The van der Waals surface area contributed by atoms with Crippen molar-refractivity contribution in [1.82, 2.24) is 0 Å². The van der Waals surface area contributed by atoms with Gasteiger partial charge in [-0.2, -0.15) is 0 Å². The summed E-state index contributed by atoms with van der Waals surface area (Å²) in [6.45, 7) is 0. The Morgan fingerprint density at radius 3 is 2.50 bits per heavy atom. The van der Waals surface area contributed by atoms with Crippen LogP contribution in [0.5, 0.6) is 11.5 Å². The van der Waals surface area contributed by atoms with Crippen LogP contribution in [0.1, 0.15) is 0 Å². The predicted octanol–water partition coefficient (Wildman–Crippen LogP) is 3.57. The molecule has 1 nitrogen and oxygen atoms in total. The van der Waals surface area contributed by atoms with Crippen LogP contribution < -0.4 is 4.74 Å². The standard InChI is InChI=1S/C12H9OS/c14-12-8-4-7-11(9-12)13-10-5-2-1-3-6-10/h2-9,14H. The van der Waals surface area contributed by atoms with Gasteiger partial charge in [0.05, 0.1) is 0 Å². The lowest BCUT2D eigenvalue weighted by Crippen LogP contribution is -1.82. The SMILES string of the molecule is Sc1cccc(Oc2cc[c]cc2)c1. The quantitative estimate of drug-likeness (QED) is 0.731. The smallest absolute Gasteiger partial charge is 0.128 e. The van der Waals surface area contributed by atoms with Crippen LogP contribution >= 0.6 is 12.6 Å². The zero-order chi connectivity index (χ0) is 9.80. The minimum absolute atomic E-state index is 0.795. The summed E-state index contributed by atoms with van der Waals surface area (Å²) >= 11 is 4.23. The van der Waals surface area contributed by atoms with Crippen molar-refractivity contribution in [3.05, 3.63) is 54.6 Å². The normalized spacial score (nSPS) is 9.79. The number of rotatable bonds is 2. The van der Waals surface area contributed by atoms with E-state index in [1.165, 1.54) is 0 Å². The molecular formula is C12H9OS. The van der Waals surface area contributed by atoms with Crippen LogP contribution in [-0.2, 0) is 0 Å². The highest BCUT2D eigenvalue weighted by Crippen LogP contribution is 2.22. The summed E-state index contributed by atoms with van der Waals surface area (Å²) in [5.74, 6) is 1.60. The van der Waals surface area contributed by atoms with E-state index in [1.54, 1.807) is 0 Å². The van der Waals surface area contributed by atoms with Crippen LogP contribution in [0.3, 0.4) is 0 Å². The maximum absolute atomic E-state index is 5.59. The molecule has 14 heavy (non-hydrogen) atoms. The van der Waals surface area contributed by atoms with E-state index in [1.807, 2.05) is 48.5 Å². The summed E-state index contributed by atoms with van der Waals surface area (Å²) < 4.78 is 5.59. The van der Waals surface area contributed by atoms with E-state index in [9.17, 15) is 0 Å². The lowest BCUT2D eigenvalue weighted by atomic mass is 10.3. The van der Waals surface area contributed by atoms with E-state index in [-0.39, 0.29) is 0 Å². The van der Waals surface area contributed by atoms with Gasteiger partial charge in [-0.3, -0.25) is 0 Å². The van der Waals surface area contributed by atoms with Crippen LogP contribution in [-0.4, -0.2) is 0 Å². The van der Waals surface area contributed by atoms with Crippen molar-refractivity contribution in [2.45, 2.75) is 4.90 Å². The minimum atomic E-state index is 0.795. The molecule has 0 unspecified atom stereocenters. The molecule has 0 aliphatic carbocycles. The Morgan fingerprint density at radius 2 is 1.79 bits per heavy atom. The topological polar surface area (TPSA) is 9.23 Å². The van der Waals surface area contributed by atoms with E-state index >= 15 is 0 Å². The molecule has 2 heteroatoms. The first kappa shape index (κ1) is 9.16. The molecule has 0 fully saturated rings. The van der Waals surface area contributed by atoms with Gasteiger partial charge in [0.15, 0.2) is 0 Å². The molecule has 0 atom stereocenters. The van der Waals surface area contributed by atoms with Crippen LogP contribution in [0.2, 0.25) is 0 Å². The predicted molar refractivity (Wildman–Crippen MR) is 59.0 cm³/mol. The second-order valence-corrected chi connectivity index (χ2v) is 3.35. The van der Waals surface area contributed by atoms with Crippen molar-refractivity contribution in [3.8, 4) is 11.5 Å². The summed E-state index contributed by atoms with van der Waals surface area (Å²) in [7, 11) is 0. The maximum atomic E-state index is 5.59. The van der Waals surface area contributed by atoms with Crippen molar-refractivity contribution in [2.24, 2.45) is 0 Å². The molecule has 2 aromatic rings. The van der Waals surface area contributed by atoms with Gasteiger partial charge in [0.1, 0.15) is 11.5 Å². The van der Waals surface area contributed by atoms with Crippen molar-refractivity contribution in [3.63, 3.8) is 0 Å². The Kier molecular flexibility index (Phi) is 2.75. The molecular weight excluding hydrogens is 192 g/mol. The third-order valence-corrected chi connectivity index (χ3v) is 2.02. The van der Waals surface area contributed by atoms with Crippen LogP contribution in [0.25, 0.3) is 0 Å². The molecule has 0 amide bonds. The third kappa shape index (κ3) is 2.30. The van der Waals surface area contributed by atoms with Gasteiger partial charge in [-0.15, -0.1) is 12.6 Å². The largest absolute Gasteiger partial charge is 0.457 e. The highest BCUT2D eigenvalue weighted by molar-refractivity contribution is 7.80. The van der Waals surface area contributed by atoms with Crippen LogP contribution in [0.15, 0.2) is 53.4 Å². The summed E-state index contributed by atoms with van der Waals surface area (Å²) in [5.41, 5.74) is 0. The number of hydrogen-bond donors (Lipinski definition) is 1. The second-order valence-electron chi connectivity index (χ2n) is 2.84. The van der Waals surface area contributed by atoms with Gasteiger partial charge in [0.2, 0.25) is 0 Å². The van der Waals surface area contributed by atoms with E-state index in [4.69, 9.17) is 4.74 Å². The summed E-state index contributed by atoms with van der Waals surface area (Å²) in [6.07, 6.45) is 0. The Hall–Kier alpha value is -1.41. The van der Waals surface area contributed by atoms with Gasteiger partial charge < -0.3 is 4.74 Å². The fourth-order valence-corrected chi connectivity index (χ4v) is 1.34. The van der Waals surface area contributed by atoms with Gasteiger partial charge in [0, 0.05) is 4.90 Å². The molecule has 0 heterocycles. The van der Waals surface area contributed by atoms with E-state index < -0.39 is 0 Å². The highest BCUT2D eigenvalue weighted by Gasteiger charge is 1.95. The number of ether oxygens (including phenoxy) is 1. The lowest BCUT2D eigenvalue weighted by Gasteiger charge is -2.04. The average molecular weight is 201 g/mol. The number of benzene rings is 2. The van der Waals surface area contributed by atoms with Crippen molar-refractivity contribution in [2.75, 3.05) is 0 Å². The van der Waals surface area contributed by atoms with Gasteiger partial charge >= 0.3 is 0 Å². The zero-order valence-electron chi connectivity index (χ0n) is 7.47. The minimum Gasteiger partial charge on any atom is -0.457 e. The Labute approximate surface area is 88.8 Å². The van der Waals surface area contributed by atoms with Crippen molar-refractivity contribution in [1.29, 1.82) is 0 Å². The first-order valence-corrected chi connectivity index (χ1v) is 4.72. The monoisotopic (exact) mass is 201 g/mol. The van der Waals surface area contributed by atoms with Gasteiger partial charge in [-0.05, 0) is 36.4 Å². The highest BCUT2D eigenvalue weighted by atomic mass is 32.1. The van der Waals surface area contributed by atoms with Gasteiger partial charge in [-0.25, -0.2) is 0 Å². The molecule has 0 bridgehead atoms. The fraction of sp³-hybridized carbons (Fsp3) is 0. The molecule has 0 saturated heterocycles. The molecule has 0 spiro atoms. The fourth-order valence-electron chi connectivity index (χ4n) is 1.12. The molecule has 1 radical (unpaired) electrons. The molecule has 0 aromatic heterocycles. The Balaban J connectivity index is 2.19. The van der Waals surface area contributed by atoms with E-state index in [0.29, 0.717) is 0 Å². The first-order chi connectivity index (χ1) is 6.84. The van der Waals surface area contributed by atoms with Crippen LogP contribution in [0.4, 0.5) is 0 Å². The molecule has 0 aliphatic rings. The van der Waals surface area contributed by atoms with Crippen molar-refractivity contribution < 1.29 is 4.74 Å². The Bertz CT molecular complexity index is 412. The number of hydrogen-bond acceptors (Lipinski definition) is 2. The summed E-state index contributed by atoms with van der Waals surface area (Å²) in [4.78, 5) is 0.894. The lowest BCUT2D eigenvalue weighted by molar-refractivity contribution is 0.481. The molecule has 0 saturated carbocycles. The maximum Gasteiger partial charge on any atom is 0.128 e. The van der Waals surface area contributed by atoms with Gasteiger partial charge in [0.25, 0.3) is 0 Å². The second kappa shape index (κ2) is 4.20. The van der Waals surface area contributed by atoms with Crippen molar-refractivity contribution >= 4 is 12.6 Å². The summed E-state index contributed by atoms with van der Waals surface area (Å²) in [5, 5.41) is 0. The average Bonchev–Trinajstić information content (AvgIpc) is 2.19. The third-order valence-electron chi connectivity index (χ3n) is 1.74. The van der Waals surface area contributed by atoms with E-state index in [0.717, 1.165) is 16.4 Å². The van der Waals surface area contributed by atoms with Gasteiger partial charge in [-0.1, -0.05) is 18.2 Å². The van der Waals surface area contributed by atoms with Crippen LogP contribution in [0, 0.1) is 6.07 Å². The summed E-state index contributed by atoms with van der Waals surface area (Å²) in [6, 6.07) is 17.9. The first-order valence-electron chi connectivity index (χ1n) is 4.27. The molecule has 2 rings (SSSR count). The molecule has 69 valence electrons. The number of thiol groups is 1.